The molecule has 4 rings (SSSR count). The Kier molecular flexibility index (Phi) is 6.41. The van der Waals surface area contributed by atoms with Crippen molar-refractivity contribution in [1.29, 1.82) is 5.26 Å². The molecule has 2 aliphatic rings. The summed E-state index contributed by atoms with van der Waals surface area (Å²) >= 11 is 0. The van der Waals surface area contributed by atoms with E-state index >= 15 is 0 Å². The highest BCUT2D eigenvalue weighted by molar-refractivity contribution is 6.01. The van der Waals surface area contributed by atoms with Crippen LogP contribution in [0.3, 0.4) is 0 Å². The normalized spacial score (nSPS) is 20.0. The molecular weight excluding hydrogens is 446 g/mol. The van der Waals surface area contributed by atoms with Crippen molar-refractivity contribution in [1.82, 2.24) is 9.97 Å². The summed E-state index contributed by atoms with van der Waals surface area (Å²) in [7, 11) is 0. The number of rotatable bonds is 7. The van der Waals surface area contributed by atoms with Crippen molar-refractivity contribution in [2.75, 3.05) is 16.8 Å². The average molecular weight is 478 g/mol. The summed E-state index contributed by atoms with van der Waals surface area (Å²) in [5.74, 6) is 0.621. The van der Waals surface area contributed by atoms with E-state index in [-0.39, 0.29) is 23.9 Å². The highest BCUT2D eigenvalue weighted by Crippen LogP contribution is 2.51. The number of aromatic nitrogens is 2. The summed E-state index contributed by atoms with van der Waals surface area (Å²) in [6.07, 6.45) is 3.77. The van der Waals surface area contributed by atoms with Crippen LogP contribution in [0.25, 0.3) is 0 Å². The number of esters is 1. The van der Waals surface area contributed by atoms with Gasteiger partial charge in [-0.2, -0.15) is 10.2 Å². The predicted molar refractivity (Wildman–Crippen MR) is 130 cm³/mol. The van der Waals surface area contributed by atoms with Gasteiger partial charge in [0.25, 0.3) is 0 Å². The molecule has 0 radical (unpaired) electrons. The number of carbonyl (C=O) groups is 2. The summed E-state index contributed by atoms with van der Waals surface area (Å²) < 4.78 is 11.4. The van der Waals surface area contributed by atoms with E-state index in [2.05, 4.69) is 21.4 Å². The molecule has 1 aliphatic heterocycles. The molecule has 1 amide bonds. The number of hydrogen-bond acceptors (Lipinski definition) is 8. The van der Waals surface area contributed by atoms with Gasteiger partial charge in [-0.25, -0.2) is 9.78 Å². The van der Waals surface area contributed by atoms with Gasteiger partial charge >= 0.3 is 5.97 Å². The van der Waals surface area contributed by atoms with Crippen molar-refractivity contribution in [2.45, 2.75) is 65.6 Å². The van der Waals surface area contributed by atoms with Crippen molar-refractivity contribution in [3.63, 3.8) is 0 Å². The minimum absolute atomic E-state index is 0.146. The quantitative estimate of drug-likeness (QED) is 0.574. The molecule has 1 aromatic heterocycles. The number of benzene rings is 1. The van der Waals surface area contributed by atoms with Gasteiger partial charge < -0.3 is 14.8 Å². The molecule has 0 bridgehead atoms. The van der Waals surface area contributed by atoms with Gasteiger partial charge in [-0.15, -0.1) is 0 Å². The molecule has 2 heterocycles. The van der Waals surface area contributed by atoms with Crippen molar-refractivity contribution < 1.29 is 19.1 Å². The van der Waals surface area contributed by atoms with Crippen LogP contribution in [-0.2, 0) is 9.53 Å². The Labute approximate surface area is 205 Å². The number of nitrogens with zero attached hydrogens (tertiary/aromatic N) is 4. The number of anilines is 3. The number of hydrogen-bond donors (Lipinski definition) is 1. The number of nitrogens with one attached hydrogen (secondary N) is 1. The van der Waals surface area contributed by atoms with Crippen LogP contribution in [0.4, 0.5) is 17.5 Å². The topological polar surface area (TPSA) is 117 Å². The zero-order chi connectivity index (χ0) is 25.4. The summed E-state index contributed by atoms with van der Waals surface area (Å²) in [5.41, 5.74) is -0.627. The van der Waals surface area contributed by atoms with Crippen molar-refractivity contribution in [2.24, 2.45) is 11.3 Å². The molecule has 0 spiro atoms. The van der Waals surface area contributed by atoms with Crippen LogP contribution in [-0.4, -0.2) is 40.1 Å². The third-order valence-electron chi connectivity index (χ3n) is 5.97. The Hall–Kier alpha value is -3.67. The van der Waals surface area contributed by atoms with Gasteiger partial charge in [0.2, 0.25) is 11.9 Å². The van der Waals surface area contributed by atoms with Crippen LogP contribution in [0.1, 0.15) is 64.2 Å². The van der Waals surface area contributed by atoms with Gasteiger partial charge in [-0.1, -0.05) is 0 Å². The Balaban J connectivity index is 1.56. The Morgan fingerprint density at radius 1 is 1.29 bits per heavy atom. The molecular formula is C26H31N5O4. The molecule has 184 valence electrons. The van der Waals surface area contributed by atoms with E-state index in [9.17, 15) is 14.9 Å². The number of amides is 1. The van der Waals surface area contributed by atoms with Gasteiger partial charge in [0, 0.05) is 24.5 Å². The fourth-order valence-electron chi connectivity index (χ4n) is 4.25. The molecule has 9 heteroatoms. The van der Waals surface area contributed by atoms with Crippen molar-refractivity contribution in [3.05, 3.63) is 36.0 Å². The first-order valence-electron chi connectivity index (χ1n) is 11.9. The molecule has 2 aromatic rings. The minimum atomic E-state index is -0.931. The first-order chi connectivity index (χ1) is 16.5. The van der Waals surface area contributed by atoms with Gasteiger partial charge in [0.15, 0.2) is 0 Å². The Morgan fingerprint density at radius 3 is 2.66 bits per heavy atom. The second-order valence-corrected chi connectivity index (χ2v) is 10.3. The number of ether oxygens (including phenoxy) is 2. The van der Waals surface area contributed by atoms with Crippen molar-refractivity contribution in [3.8, 4) is 11.8 Å². The number of nitriles is 1. The second kappa shape index (κ2) is 9.17. The molecule has 1 N–H and O–H groups in total. The Bertz CT molecular complexity index is 1180. The van der Waals surface area contributed by atoms with E-state index in [1.807, 2.05) is 34.6 Å². The number of carbonyl (C=O) groups excluding carboxylic acids is 2. The van der Waals surface area contributed by atoms with Crippen LogP contribution in [0.15, 0.2) is 30.5 Å². The maximum Gasteiger partial charge on any atom is 0.342 e. The highest BCUT2D eigenvalue weighted by Gasteiger charge is 2.57. The maximum atomic E-state index is 13.1. The molecule has 35 heavy (non-hydrogen) atoms. The Morgan fingerprint density at radius 2 is 2.03 bits per heavy atom. The molecule has 1 aromatic carbocycles. The van der Waals surface area contributed by atoms with E-state index in [1.165, 1.54) is 0 Å². The first-order valence-corrected chi connectivity index (χ1v) is 11.9. The first kappa shape index (κ1) is 24.5. The molecule has 1 saturated carbocycles. The average Bonchev–Trinajstić information content (AvgIpc) is 3.56. The standard InChI is InChI=1S/C26H31N5O4/c1-16(2)34-20-14-18(8-9-19(20)22(32)35-25(3,4)5)29-24-28-12-10-21(30-24)31-13-11-26(15-27,23(31)33)17-6-7-17/h8-10,12,14,16-17H,6-7,11,13H2,1-5H3,(H,28,29,30)/t26-/m1/s1. The van der Waals surface area contributed by atoms with E-state index in [4.69, 9.17) is 9.47 Å². The van der Waals surface area contributed by atoms with E-state index in [0.717, 1.165) is 12.8 Å². The van der Waals surface area contributed by atoms with Gasteiger partial charge in [-0.05, 0) is 78.0 Å². The van der Waals surface area contributed by atoms with Crippen LogP contribution in [0.2, 0.25) is 0 Å². The molecule has 1 atom stereocenters. The minimum Gasteiger partial charge on any atom is -0.490 e. The van der Waals surface area contributed by atoms with Gasteiger partial charge in [0.1, 0.15) is 28.1 Å². The lowest BCUT2D eigenvalue weighted by Gasteiger charge is -2.22. The molecule has 0 unspecified atom stereocenters. The zero-order valence-corrected chi connectivity index (χ0v) is 20.8. The summed E-state index contributed by atoms with van der Waals surface area (Å²) in [6, 6.07) is 9.02. The monoisotopic (exact) mass is 477 g/mol. The van der Waals surface area contributed by atoms with E-state index in [1.54, 1.807) is 35.4 Å². The fourth-order valence-corrected chi connectivity index (χ4v) is 4.25. The lowest BCUT2D eigenvalue weighted by molar-refractivity contribution is -0.123. The smallest absolute Gasteiger partial charge is 0.342 e. The third-order valence-corrected chi connectivity index (χ3v) is 5.97. The second-order valence-electron chi connectivity index (χ2n) is 10.3. The molecule has 2 fully saturated rings. The van der Waals surface area contributed by atoms with Gasteiger partial charge in [-0.3, -0.25) is 9.69 Å². The van der Waals surface area contributed by atoms with Crippen LogP contribution < -0.4 is 15.0 Å². The summed E-state index contributed by atoms with van der Waals surface area (Å²) in [4.78, 5) is 36.2. The lowest BCUT2D eigenvalue weighted by atomic mass is 9.83. The van der Waals surface area contributed by atoms with E-state index in [0.29, 0.717) is 35.8 Å². The largest absolute Gasteiger partial charge is 0.490 e. The zero-order valence-electron chi connectivity index (χ0n) is 20.8. The fraction of sp³-hybridized carbons (Fsp3) is 0.500. The maximum absolute atomic E-state index is 13.1. The van der Waals surface area contributed by atoms with E-state index < -0.39 is 17.0 Å². The van der Waals surface area contributed by atoms with Crippen LogP contribution >= 0.6 is 0 Å². The molecule has 1 saturated heterocycles. The molecule has 9 nitrogen and oxygen atoms in total. The van der Waals surface area contributed by atoms with Crippen LogP contribution in [0, 0.1) is 22.7 Å². The molecule has 1 aliphatic carbocycles. The summed E-state index contributed by atoms with van der Waals surface area (Å²) in [6.45, 7) is 9.64. The SMILES string of the molecule is CC(C)Oc1cc(Nc2nccc(N3CC[C@@](C#N)(C4CC4)C3=O)n2)ccc1C(=O)OC(C)(C)C. The predicted octanol–water partition coefficient (Wildman–Crippen LogP) is 4.62. The van der Waals surface area contributed by atoms with Gasteiger partial charge in [0.05, 0.1) is 12.2 Å². The van der Waals surface area contributed by atoms with Crippen molar-refractivity contribution >= 4 is 29.3 Å². The van der Waals surface area contributed by atoms with Crippen LogP contribution in [0.5, 0.6) is 5.75 Å². The highest BCUT2D eigenvalue weighted by atomic mass is 16.6. The summed E-state index contributed by atoms with van der Waals surface area (Å²) in [5, 5.41) is 12.9. The lowest BCUT2D eigenvalue weighted by Crippen LogP contribution is -2.35. The third kappa shape index (κ3) is 5.21.